The van der Waals surface area contributed by atoms with Gasteiger partial charge in [-0.15, -0.1) is 10.2 Å². The first-order valence-corrected chi connectivity index (χ1v) is 11.7. The van der Waals surface area contributed by atoms with Crippen LogP contribution in [0, 0.1) is 5.92 Å². The van der Waals surface area contributed by atoms with E-state index in [4.69, 9.17) is 23.2 Å². The third kappa shape index (κ3) is 5.49. The standard InChI is InChI=1S/C24H27Cl2N5O/c1-16(28-24(32)19-9-11-27-12-10-19)23-30-29-22(14-17-5-3-2-4-6-17)31(23)15-18-7-8-20(25)21(26)13-18/h2-8,13,16,19,27H,9-12,14-15H2,1H3,(H,28,32)/t16-/m1/s1. The summed E-state index contributed by atoms with van der Waals surface area (Å²) in [5.41, 5.74) is 2.14. The highest BCUT2D eigenvalue weighted by molar-refractivity contribution is 6.42. The van der Waals surface area contributed by atoms with Gasteiger partial charge in [-0.25, -0.2) is 0 Å². The van der Waals surface area contributed by atoms with Gasteiger partial charge in [0.05, 0.1) is 22.6 Å². The van der Waals surface area contributed by atoms with Crippen LogP contribution in [0.1, 0.15) is 48.6 Å². The van der Waals surface area contributed by atoms with Crippen molar-refractivity contribution in [1.29, 1.82) is 0 Å². The molecule has 2 heterocycles. The molecule has 1 atom stereocenters. The molecule has 0 radical (unpaired) electrons. The third-order valence-corrected chi connectivity index (χ3v) is 6.58. The predicted octanol–water partition coefficient (Wildman–Crippen LogP) is 4.40. The van der Waals surface area contributed by atoms with E-state index in [1.54, 1.807) is 6.07 Å². The molecule has 1 aliphatic heterocycles. The van der Waals surface area contributed by atoms with E-state index in [0.29, 0.717) is 23.0 Å². The molecule has 1 fully saturated rings. The molecular formula is C24H27Cl2N5O. The fourth-order valence-corrected chi connectivity index (χ4v) is 4.37. The zero-order chi connectivity index (χ0) is 22.5. The molecule has 6 nitrogen and oxygen atoms in total. The number of carbonyl (C=O) groups is 1. The van der Waals surface area contributed by atoms with Gasteiger partial charge in [0.25, 0.3) is 0 Å². The molecule has 1 aromatic heterocycles. The monoisotopic (exact) mass is 471 g/mol. The van der Waals surface area contributed by atoms with Gasteiger partial charge in [0.2, 0.25) is 5.91 Å². The van der Waals surface area contributed by atoms with Crippen molar-refractivity contribution in [3.05, 3.63) is 81.4 Å². The van der Waals surface area contributed by atoms with Crippen LogP contribution in [0.3, 0.4) is 0 Å². The summed E-state index contributed by atoms with van der Waals surface area (Å²) in [5, 5.41) is 16.4. The predicted molar refractivity (Wildman–Crippen MR) is 127 cm³/mol. The Morgan fingerprint density at radius 1 is 1.09 bits per heavy atom. The van der Waals surface area contributed by atoms with Gasteiger partial charge in [-0.1, -0.05) is 59.6 Å². The van der Waals surface area contributed by atoms with Crippen molar-refractivity contribution in [2.24, 2.45) is 5.92 Å². The topological polar surface area (TPSA) is 71.8 Å². The molecule has 8 heteroatoms. The maximum absolute atomic E-state index is 12.8. The molecule has 168 valence electrons. The summed E-state index contributed by atoms with van der Waals surface area (Å²) in [4.78, 5) is 12.8. The van der Waals surface area contributed by atoms with Gasteiger partial charge >= 0.3 is 0 Å². The molecule has 0 bridgehead atoms. The van der Waals surface area contributed by atoms with Crippen molar-refractivity contribution in [2.45, 2.75) is 38.8 Å². The third-order valence-electron chi connectivity index (χ3n) is 5.84. The normalized spacial score (nSPS) is 15.5. The number of hydrogen-bond acceptors (Lipinski definition) is 4. The molecule has 0 saturated carbocycles. The highest BCUT2D eigenvalue weighted by atomic mass is 35.5. The Hall–Kier alpha value is -2.41. The second-order valence-electron chi connectivity index (χ2n) is 8.23. The molecule has 2 N–H and O–H groups in total. The molecule has 2 aromatic carbocycles. The molecule has 4 rings (SSSR count). The Morgan fingerprint density at radius 2 is 1.84 bits per heavy atom. The van der Waals surface area contributed by atoms with E-state index in [1.807, 2.05) is 37.3 Å². The fourth-order valence-electron chi connectivity index (χ4n) is 4.05. The summed E-state index contributed by atoms with van der Waals surface area (Å²) >= 11 is 12.3. The van der Waals surface area contributed by atoms with Crippen LogP contribution in [-0.2, 0) is 17.8 Å². The minimum atomic E-state index is -0.266. The van der Waals surface area contributed by atoms with Crippen molar-refractivity contribution in [1.82, 2.24) is 25.4 Å². The number of amides is 1. The van der Waals surface area contributed by atoms with Crippen molar-refractivity contribution in [3.63, 3.8) is 0 Å². The van der Waals surface area contributed by atoms with E-state index in [2.05, 4.69) is 37.5 Å². The Labute approximate surface area is 198 Å². The lowest BCUT2D eigenvalue weighted by Crippen LogP contribution is -2.39. The fraction of sp³-hybridized carbons (Fsp3) is 0.375. The smallest absolute Gasteiger partial charge is 0.223 e. The summed E-state index contributed by atoms with van der Waals surface area (Å²) in [6.45, 7) is 4.25. The van der Waals surface area contributed by atoms with Gasteiger partial charge in [-0.05, 0) is 56.1 Å². The van der Waals surface area contributed by atoms with E-state index in [-0.39, 0.29) is 17.9 Å². The number of benzene rings is 2. The number of nitrogens with zero attached hydrogens (tertiary/aromatic N) is 3. The lowest BCUT2D eigenvalue weighted by atomic mass is 9.97. The highest BCUT2D eigenvalue weighted by Gasteiger charge is 2.25. The molecule has 1 aliphatic rings. The minimum absolute atomic E-state index is 0.0360. The first-order chi connectivity index (χ1) is 15.5. The quantitative estimate of drug-likeness (QED) is 0.535. The van der Waals surface area contributed by atoms with Gasteiger partial charge in [0.1, 0.15) is 5.82 Å². The number of halogens is 2. The summed E-state index contributed by atoms with van der Waals surface area (Å²) in [6, 6.07) is 15.5. The summed E-state index contributed by atoms with van der Waals surface area (Å²) < 4.78 is 2.07. The number of nitrogens with one attached hydrogen (secondary N) is 2. The average Bonchev–Trinajstić information content (AvgIpc) is 3.19. The Bertz CT molecular complexity index is 1060. The lowest BCUT2D eigenvalue weighted by Gasteiger charge is -2.24. The number of aromatic nitrogens is 3. The van der Waals surface area contributed by atoms with Crippen LogP contribution in [0.2, 0.25) is 10.0 Å². The first kappa shape index (κ1) is 22.8. The van der Waals surface area contributed by atoms with Crippen LogP contribution in [0.4, 0.5) is 0 Å². The molecule has 32 heavy (non-hydrogen) atoms. The van der Waals surface area contributed by atoms with Gasteiger partial charge in [0, 0.05) is 12.3 Å². The highest BCUT2D eigenvalue weighted by Crippen LogP contribution is 2.25. The van der Waals surface area contributed by atoms with E-state index in [0.717, 1.165) is 48.7 Å². The van der Waals surface area contributed by atoms with E-state index >= 15 is 0 Å². The summed E-state index contributed by atoms with van der Waals surface area (Å²) in [7, 11) is 0. The van der Waals surface area contributed by atoms with Crippen LogP contribution in [0.15, 0.2) is 48.5 Å². The first-order valence-electron chi connectivity index (χ1n) is 10.9. The average molecular weight is 472 g/mol. The largest absolute Gasteiger partial charge is 0.346 e. The van der Waals surface area contributed by atoms with Gasteiger partial charge in [-0.3, -0.25) is 4.79 Å². The van der Waals surface area contributed by atoms with Crippen molar-refractivity contribution < 1.29 is 4.79 Å². The summed E-state index contributed by atoms with van der Waals surface area (Å²) in [6.07, 6.45) is 2.35. The number of piperidine rings is 1. The van der Waals surface area contributed by atoms with E-state index < -0.39 is 0 Å². The van der Waals surface area contributed by atoms with E-state index in [1.165, 1.54) is 0 Å². The molecular weight excluding hydrogens is 445 g/mol. The molecule has 3 aromatic rings. The Balaban J connectivity index is 1.60. The van der Waals surface area contributed by atoms with Crippen LogP contribution >= 0.6 is 23.2 Å². The molecule has 1 saturated heterocycles. The van der Waals surface area contributed by atoms with E-state index in [9.17, 15) is 4.79 Å². The van der Waals surface area contributed by atoms with Gasteiger partial charge in [0.15, 0.2) is 5.82 Å². The zero-order valence-electron chi connectivity index (χ0n) is 18.0. The SMILES string of the molecule is C[C@@H](NC(=O)C1CCNCC1)c1nnc(Cc2ccccc2)n1Cc1ccc(Cl)c(Cl)c1. The van der Waals surface area contributed by atoms with Crippen LogP contribution in [0.5, 0.6) is 0 Å². The van der Waals surface area contributed by atoms with Crippen molar-refractivity contribution >= 4 is 29.1 Å². The number of rotatable bonds is 7. The molecule has 0 unspecified atom stereocenters. The molecule has 0 spiro atoms. The zero-order valence-corrected chi connectivity index (χ0v) is 19.5. The number of carbonyl (C=O) groups excluding carboxylic acids is 1. The Morgan fingerprint density at radius 3 is 2.56 bits per heavy atom. The van der Waals surface area contributed by atoms with Crippen molar-refractivity contribution in [2.75, 3.05) is 13.1 Å². The van der Waals surface area contributed by atoms with Crippen molar-refractivity contribution in [3.8, 4) is 0 Å². The maximum Gasteiger partial charge on any atom is 0.223 e. The maximum atomic E-state index is 12.8. The summed E-state index contributed by atoms with van der Waals surface area (Å²) in [5.74, 6) is 1.67. The van der Waals surface area contributed by atoms with Gasteiger partial charge in [-0.2, -0.15) is 0 Å². The minimum Gasteiger partial charge on any atom is -0.346 e. The van der Waals surface area contributed by atoms with Crippen LogP contribution < -0.4 is 10.6 Å². The molecule has 0 aliphatic carbocycles. The Kier molecular flexibility index (Phi) is 7.45. The van der Waals surface area contributed by atoms with Gasteiger partial charge < -0.3 is 15.2 Å². The lowest BCUT2D eigenvalue weighted by molar-refractivity contribution is -0.126. The second-order valence-corrected chi connectivity index (χ2v) is 9.04. The van der Waals surface area contributed by atoms with Crippen LogP contribution in [-0.4, -0.2) is 33.8 Å². The second kappa shape index (κ2) is 10.5. The van der Waals surface area contributed by atoms with Crippen LogP contribution in [0.25, 0.3) is 0 Å². The number of hydrogen-bond donors (Lipinski definition) is 2. The molecule has 1 amide bonds.